The molecule has 0 saturated carbocycles. The maximum absolute atomic E-state index is 11.6. The summed E-state index contributed by atoms with van der Waals surface area (Å²) >= 11 is 0. The maximum atomic E-state index is 11.6. The molecule has 0 fully saturated rings. The summed E-state index contributed by atoms with van der Waals surface area (Å²) in [5.41, 5.74) is 0.832. The Morgan fingerprint density at radius 3 is 2.18 bits per heavy atom. The topological polar surface area (TPSA) is 154 Å². The molecule has 0 heterocycles. The summed E-state index contributed by atoms with van der Waals surface area (Å²) in [5.74, 6) is -2.32. The molecular formula is C10H19N2NaO8S. The molecule has 0 aromatic heterocycles. The summed E-state index contributed by atoms with van der Waals surface area (Å²) < 4.78 is 35.7. The van der Waals surface area contributed by atoms with Gasteiger partial charge in [-0.2, -0.15) is 0 Å². The van der Waals surface area contributed by atoms with Crippen molar-refractivity contribution in [2.75, 3.05) is 5.94 Å². The van der Waals surface area contributed by atoms with Crippen molar-refractivity contribution in [2.45, 2.75) is 45.4 Å². The van der Waals surface area contributed by atoms with Crippen LogP contribution in [0.3, 0.4) is 0 Å². The van der Waals surface area contributed by atoms with E-state index in [0.717, 1.165) is 0 Å². The molecule has 3 N–H and O–H groups in total. The molecule has 10 nitrogen and oxygen atoms in total. The standard InChI is InChI=1S/C10H20N2O8S.Na/c1-6(13)7(11-9(15)20-10(2,3)4)8(14)12-19-5-21(16,17)18;/h6-7,13H,5H2,1-4H3,(H,11,15)(H,12,14)(H,16,17,18);/q;+1/p-1/t6-,7+;/m1./s1. The first-order valence-corrected chi connectivity index (χ1v) is 7.42. The van der Waals surface area contributed by atoms with Gasteiger partial charge in [-0.05, 0) is 27.7 Å². The van der Waals surface area contributed by atoms with Crippen molar-refractivity contribution in [1.82, 2.24) is 10.8 Å². The molecule has 2 amide bonds. The Labute approximate surface area is 150 Å². The zero-order valence-electron chi connectivity index (χ0n) is 13.1. The van der Waals surface area contributed by atoms with Gasteiger partial charge in [0, 0.05) is 0 Å². The fourth-order valence-electron chi connectivity index (χ4n) is 1.08. The van der Waals surface area contributed by atoms with Crippen LogP contribution in [0.4, 0.5) is 4.79 Å². The number of carbonyl (C=O) groups excluding carboxylic acids is 2. The first-order valence-electron chi connectivity index (χ1n) is 5.84. The largest absolute Gasteiger partial charge is 1.00 e. The second-order valence-corrected chi connectivity index (χ2v) is 6.50. The first kappa shape index (κ1) is 23.8. The molecule has 0 aromatic carbocycles. The number of aliphatic hydroxyl groups is 1. The number of alkyl carbamates (subject to hydrolysis) is 1. The van der Waals surface area contributed by atoms with Crippen LogP contribution in [0.2, 0.25) is 0 Å². The molecule has 124 valence electrons. The average molecular weight is 350 g/mol. The maximum Gasteiger partial charge on any atom is 1.00 e. The summed E-state index contributed by atoms with van der Waals surface area (Å²) in [6, 6.07) is -1.45. The number of hydroxylamine groups is 1. The van der Waals surface area contributed by atoms with Crippen LogP contribution in [0.15, 0.2) is 0 Å². The third-order valence-electron chi connectivity index (χ3n) is 1.81. The minimum Gasteiger partial charge on any atom is -0.746 e. The van der Waals surface area contributed by atoms with Crippen molar-refractivity contribution in [3.8, 4) is 0 Å². The van der Waals surface area contributed by atoms with Crippen LogP contribution in [0, 0.1) is 0 Å². The molecule has 0 aliphatic carbocycles. The number of carbonyl (C=O) groups is 2. The van der Waals surface area contributed by atoms with Crippen LogP contribution in [0.5, 0.6) is 0 Å². The average Bonchev–Trinajstić information content (AvgIpc) is 2.20. The Balaban J connectivity index is 0. The Bertz CT molecular complexity index is 474. The molecule has 0 aliphatic heterocycles. The van der Waals surface area contributed by atoms with Crippen LogP contribution in [-0.4, -0.2) is 53.8 Å². The van der Waals surface area contributed by atoms with E-state index >= 15 is 0 Å². The van der Waals surface area contributed by atoms with Gasteiger partial charge in [0.15, 0.2) is 5.94 Å². The zero-order chi connectivity index (χ0) is 16.8. The molecule has 0 radical (unpaired) electrons. The molecule has 2 atom stereocenters. The van der Waals surface area contributed by atoms with Gasteiger partial charge in [-0.15, -0.1) is 0 Å². The molecule has 0 aromatic rings. The van der Waals surface area contributed by atoms with E-state index < -0.39 is 45.8 Å². The van der Waals surface area contributed by atoms with Gasteiger partial charge >= 0.3 is 35.7 Å². The third kappa shape index (κ3) is 12.1. The van der Waals surface area contributed by atoms with Crippen LogP contribution in [0.1, 0.15) is 27.7 Å². The van der Waals surface area contributed by atoms with Gasteiger partial charge in [-0.3, -0.25) is 9.63 Å². The molecular weight excluding hydrogens is 331 g/mol. The number of ether oxygens (including phenoxy) is 1. The predicted molar refractivity (Wildman–Crippen MR) is 68.6 cm³/mol. The van der Waals surface area contributed by atoms with Gasteiger partial charge < -0.3 is 19.7 Å². The minimum absolute atomic E-state index is 0. The normalized spacial score (nSPS) is 14.3. The van der Waals surface area contributed by atoms with Crippen molar-refractivity contribution in [1.29, 1.82) is 0 Å². The van der Waals surface area contributed by atoms with E-state index in [1.54, 1.807) is 26.3 Å². The van der Waals surface area contributed by atoms with Crippen molar-refractivity contribution < 1.29 is 66.8 Å². The Morgan fingerprint density at radius 1 is 1.32 bits per heavy atom. The van der Waals surface area contributed by atoms with E-state index in [1.165, 1.54) is 6.92 Å². The zero-order valence-corrected chi connectivity index (χ0v) is 15.9. The third-order valence-corrected chi connectivity index (χ3v) is 2.22. The number of rotatable bonds is 6. The van der Waals surface area contributed by atoms with Gasteiger partial charge in [0.25, 0.3) is 5.91 Å². The van der Waals surface area contributed by atoms with Crippen LogP contribution >= 0.6 is 0 Å². The molecule has 0 saturated heterocycles. The molecule has 0 bridgehead atoms. The smallest absolute Gasteiger partial charge is 0.746 e. The van der Waals surface area contributed by atoms with Crippen molar-refractivity contribution in [2.24, 2.45) is 0 Å². The van der Waals surface area contributed by atoms with E-state index in [9.17, 15) is 27.7 Å². The molecule has 22 heavy (non-hydrogen) atoms. The fraction of sp³-hybridized carbons (Fsp3) is 0.800. The SMILES string of the molecule is C[C@@H](O)[C@H](NC(=O)OC(C)(C)C)C(=O)NOCS(=O)(=O)[O-].[Na+]. The van der Waals surface area contributed by atoms with E-state index in [1.807, 2.05) is 0 Å². The van der Waals surface area contributed by atoms with E-state index in [2.05, 4.69) is 10.2 Å². The summed E-state index contributed by atoms with van der Waals surface area (Å²) in [4.78, 5) is 27.3. The van der Waals surface area contributed by atoms with Crippen LogP contribution in [-0.2, 0) is 24.5 Å². The summed E-state index contributed by atoms with van der Waals surface area (Å²) in [7, 11) is -4.67. The van der Waals surface area contributed by atoms with E-state index in [-0.39, 0.29) is 29.6 Å². The number of nitrogens with one attached hydrogen (secondary N) is 2. The van der Waals surface area contributed by atoms with Crippen molar-refractivity contribution in [3.05, 3.63) is 0 Å². The Hall–Kier alpha value is -0.430. The van der Waals surface area contributed by atoms with Crippen molar-refractivity contribution in [3.63, 3.8) is 0 Å². The quantitative estimate of drug-likeness (QED) is 0.248. The number of hydrogen-bond donors (Lipinski definition) is 3. The number of hydrogen-bond acceptors (Lipinski definition) is 8. The number of aliphatic hydroxyl groups excluding tert-OH is 1. The molecule has 0 spiro atoms. The number of amides is 2. The van der Waals surface area contributed by atoms with Gasteiger partial charge in [0.05, 0.1) is 6.10 Å². The first-order chi connectivity index (χ1) is 9.32. The van der Waals surface area contributed by atoms with Crippen LogP contribution in [0.25, 0.3) is 0 Å². The monoisotopic (exact) mass is 350 g/mol. The van der Waals surface area contributed by atoms with E-state index in [4.69, 9.17) is 4.74 Å². The molecule has 0 unspecified atom stereocenters. The van der Waals surface area contributed by atoms with Crippen LogP contribution < -0.4 is 40.4 Å². The molecule has 12 heteroatoms. The fourth-order valence-corrected chi connectivity index (χ4v) is 1.28. The minimum atomic E-state index is -4.67. The van der Waals surface area contributed by atoms with Gasteiger partial charge in [-0.25, -0.2) is 18.7 Å². The molecule has 0 rings (SSSR count). The Kier molecular flexibility index (Phi) is 10.5. The summed E-state index contributed by atoms with van der Waals surface area (Å²) in [6.45, 7) is 6.02. The Morgan fingerprint density at radius 2 is 1.82 bits per heavy atom. The van der Waals surface area contributed by atoms with Gasteiger partial charge in [0.2, 0.25) is 0 Å². The summed E-state index contributed by atoms with van der Waals surface area (Å²) in [5, 5.41) is 11.5. The van der Waals surface area contributed by atoms with Gasteiger partial charge in [0.1, 0.15) is 21.8 Å². The predicted octanol–water partition coefficient (Wildman–Crippen LogP) is -4.18. The summed E-state index contributed by atoms with van der Waals surface area (Å²) in [6.07, 6.45) is -2.27. The van der Waals surface area contributed by atoms with E-state index in [0.29, 0.717) is 0 Å². The van der Waals surface area contributed by atoms with Crippen molar-refractivity contribution >= 4 is 22.1 Å². The van der Waals surface area contributed by atoms with Gasteiger partial charge in [-0.1, -0.05) is 0 Å². The second-order valence-electron chi connectivity index (χ2n) is 5.15. The molecule has 0 aliphatic rings. The second kappa shape index (κ2) is 9.65.